The van der Waals surface area contributed by atoms with Crippen LogP contribution in [0, 0.1) is 11.8 Å². The highest BCUT2D eigenvalue weighted by Gasteiger charge is 2.33. The number of nitrogens with one attached hydrogen (secondary N) is 1. The van der Waals surface area contributed by atoms with E-state index in [2.05, 4.69) is 38.8 Å². The van der Waals surface area contributed by atoms with Gasteiger partial charge in [0.05, 0.1) is 11.7 Å². The van der Waals surface area contributed by atoms with Gasteiger partial charge < -0.3 is 14.9 Å². The Morgan fingerprint density at radius 1 is 1.05 bits per heavy atom. The molecule has 3 N–H and O–H groups in total. The molecule has 3 rings (SSSR count). The highest BCUT2D eigenvalue weighted by atomic mass is 16.5. The van der Waals surface area contributed by atoms with Gasteiger partial charge >= 0.3 is 0 Å². The fourth-order valence-electron chi connectivity index (χ4n) is 5.60. The van der Waals surface area contributed by atoms with Gasteiger partial charge in [-0.2, -0.15) is 0 Å². The summed E-state index contributed by atoms with van der Waals surface area (Å²) < 4.78 is 6.15. The van der Waals surface area contributed by atoms with E-state index in [0.29, 0.717) is 37.7 Å². The molecule has 0 radical (unpaired) electrons. The van der Waals surface area contributed by atoms with E-state index in [-0.39, 0.29) is 17.5 Å². The predicted molar refractivity (Wildman–Crippen MR) is 158 cm³/mol. The smallest absolute Gasteiger partial charge is 0.227 e. The number of ketones is 1. The molecule has 0 saturated heterocycles. The third-order valence-electron chi connectivity index (χ3n) is 8.07. The normalized spacial score (nSPS) is 18.0. The minimum atomic E-state index is -0.555. The molecule has 3 unspecified atom stereocenters. The number of phenolic OH excluding ortho intramolecular Hbond substituents is 1. The van der Waals surface area contributed by atoms with Gasteiger partial charge in [0.15, 0.2) is 11.5 Å². The third kappa shape index (κ3) is 9.32. The zero-order valence-electron chi connectivity index (χ0n) is 24.7. The van der Waals surface area contributed by atoms with Gasteiger partial charge in [0.1, 0.15) is 23.7 Å². The first-order valence-electron chi connectivity index (χ1n) is 15.3. The molecule has 1 aromatic carbocycles. The Kier molecular flexibility index (Phi) is 12.7. The molecule has 0 aliphatic carbocycles. The maximum atomic E-state index is 13.2. The number of aliphatic imine (C=N–C) groups is 1. The first-order chi connectivity index (χ1) is 18.8. The molecule has 0 spiro atoms. The van der Waals surface area contributed by atoms with Crippen molar-refractivity contribution in [3.63, 3.8) is 0 Å². The number of aliphatic hydroxyl groups is 1. The fraction of sp³-hybridized carbons (Fsp3) is 0.636. The van der Waals surface area contributed by atoms with Crippen LogP contribution < -0.4 is 9.64 Å². The number of fused-ring (bicyclic) bond motifs is 1. The van der Waals surface area contributed by atoms with Crippen LogP contribution >= 0.6 is 0 Å². The second-order valence-electron chi connectivity index (χ2n) is 11.7. The maximum Gasteiger partial charge on any atom is 0.227 e. The monoisotopic (exact) mass is 539 g/mol. The van der Waals surface area contributed by atoms with Gasteiger partial charge in [-0.25, -0.2) is 0 Å². The molecule has 0 saturated carbocycles. The number of carbonyl (C=O) groups is 1. The molecule has 3 atom stereocenters. The first kappa shape index (κ1) is 31.1. The Hall–Kier alpha value is -2.44. The largest absolute Gasteiger partial charge is 0.504 e. The molecule has 0 aromatic heterocycles. The summed E-state index contributed by atoms with van der Waals surface area (Å²) >= 11 is 0. The summed E-state index contributed by atoms with van der Waals surface area (Å²) in [6, 6.07) is 5.38. The summed E-state index contributed by atoms with van der Waals surface area (Å²) in [7, 11) is 0. The van der Waals surface area contributed by atoms with Crippen molar-refractivity contribution in [2.45, 2.75) is 111 Å². The highest BCUT2D eigenvalue weighted by Crippen LogP contribution is 2.28. The molecule has 2 heterocycles. The number of aromatic hydroxyl groups is 1. The van der Waals surface area contributed by atoms with Crippen molar-refractivity contribution in [2.75, 3.05) is 13.3 Å². The van der Waals surface area contributed by atoms with Gasteiger partial charge in [-0.1, -0.05) is 72.3 Å². The average molecular weight is 540 g/mol. The van der Waals surface area contributed by atoms with Crippen LogP contribution in [0.5, 0.6) is 11.5 Å². The second kappa shape index (κ2) is 16.0. The van der Waals surface area contributed by atoms with E-state index < -0.39 is 6.10 Å². The number of Topliss-reactive ketones (excluding diaryl/α,β-unsaturated/α-hetero) is 1. The van der Waals surface area contributed by atoms with Gasteiger partial charge in [0, 0.05) is 25.0 Å². The third-order valence-corrected chi connectivity index (χ3v) is 8.07. The molecular weight excluding hydrogens is 488 g/mol. The molecule has 0 fully saturated rings. The standard InChI is InChI=1S/C33H50N2O4/c1-5-7-9-11-27(30(36)12-10-8-6-2)31(37)17-14-25-15-18-32(38)33(21-25)39-23-35-22-28-26(19-20-34-28)29(35)16-13-24(3)4/h15,18-21,24,27,30,36,38H,5-14,16-17,22-23H2,1-4H3/p+1. The van der Waals surface area contributed by atoms with Crippen molar-refractivity contribution < 1.29 is 24.6 Å². The van der Waals surface area contributed by atoms with Crippen molar-refractivity contribution in [2.24, 2.45) is 16.8 Å². The number of carbonyl (C=O) groups excluding carboxylic acids is 1. The van der Waals surface area contributed by atoms with Crippen molar-refractivity contribution in [1.29, 1.82) is 0 Å². The molecule has 2 aliphatic heterocycles. The number of hydrogen-bond acceptors (Lipinski definition) is 5. The zero-order valence-corrected chi connectivity index (χ0v) is 24.7. The van der Waals surface area contributed by atoms with Crippen molar-refractivity contribution in [3.8, 4) is 11.5 Å². The maximum absolute atomic E-state index is 13.2. The van der Waals surface area contributed by atoms with E-state index in [1.807, 2.05) is 18.3 Å². The minimum Gasteiger partial charge on any atom is -0.504 e. The number of hydrogen-bond donors (Lipinski definition) is 3. The molecule has 216 valence electrons. The Bertz CT molecular complexity index is 1030. The Morgan fingerprint density at radius 2 is 1.79 bits per heavy atom. The van der Waals surface area contributed by atoms with Gasteiger partial charge in [-0.3, -0.25) is 14.7 Å². The summed E-state index contributed by atoms with van der Waals surface area (Å²) in [4.78, 5) is 19.0. The van der Waals surface area contributed by atoms with Crippen molar-refractivity contribution in [1.82, 2.24) is 0 Å². The molecule has 6 nitrogen and oxygen atoms in total. The number of nitrogens with zero attached hydrogens (tertiary/aromatic N) is 1. The van der Waals surface area contributed by atoms with Gasteiger partial charge in [0.25, 0.3) is 0 Å². The summed E-state index contributed by atoms with van der Waals surface area (Å²) in [5.41, 5.74) is 4.66. The van der Waals surface area contributed by atoms with Crippen LogP contribution in [-0.2, 0) is 11.2 Å². The van der Waals surface area contributed by atoms with E-state index in [9.17, 15) is 15.0 Å². The lowest BCUT2D eigenvalue weighted by molar-refractivity contribution is -0.866. The summed E-state index contributed by atoms with van der Waals surface area (Å²) in [6.45, 7) is 10.0. The number of unbranched alkanes of at least 4 members (excludes halogenated alkanes) is 4. The second-order valence-corrected chi connectivity index (χ2v) is 11.7. The molecule has 0 bridgehead atoms. The molecule has 39 heavy (non-hydrogen) atoms. The van der Waals surface area contributed by atoms with Crippen LogP contribution in [0.2, 0.25) is 0 Å². The first-order valence-corrected chi connectivity index (χ1v) is 15.3. The number of ether oxygens (including phenoxy) is 1. The number of rotatable bonds is 19. The van der Waals surface area contributed by atoms with Crippen molar-refractivity contribution >= 4 is 11.5 Å². The SMILES string of the molecule is CCCCCC(O)C(CCCCC)C(=O)CCc1ccc(O)c(OC[NH+]2CC3=NC=CC3=C2CCC(C)C)c1. The number of quaternary nitrogens is 1. The number of benzene rings is 1. The molecule has 6 heteroatoms. The summed E-state index contributed by atoms with van der Waals surface area (Å²) in [6.07, 6.45) is 14.3. The Labute approximate surface area is 235 Å². The average Bonchev–Trinajstić information content (AvgIpc) is 3.50. The van der Waals surface area contributed by atoms with Gasteiger partial charge in [-0.05, 0) is 55.4 Å². The number of aryl methyl sites for hydroxylation is 1. The van der Waals surface area contributed by atoms with Crippen LogP contribution in [0.1, 0.15) is 104 Å². The van der Waals surface area contributed by atoms with Gasteiger partial charge in [-0.15, -0.1) is 0 Å². The summed E-state index contributed by atoms with van der Waals surface area (Å²) in [5, 5.41) is 21.3. The lowest BCUT2D eigenvalue weighted by Crippen LogP contribution is -3.10. The van der Waals surface area contributed by atoms with Gasteiger partial charge in [0.2, 0.25) is 6.73 Å². The van der Waals surface area contributed by atoms with E-state index >= 15 is 0 Å². The zero-order chi connectivity index (χ0) is 28.2. The number of phenols is 1. The summed E-state index contributed by atoms with van der Waals surface area (Å²) in [5.74, 6) is 1.05. The molecule has 0 amide bonds. The van der Waals surface area contributed by atoms with Crippen LogP contribution in [0.25, 0.3) is 0 Å². The molecular formula is C33H51N2O4+. The van der Waals surface area contributed by atoms with Crippen LogP contribution in [0.4, 0.5) is 0 Å². The molecule has 1 aromatic rings. The topological polar surface area (TPSA) is 83.6 Å². The van der Waals surface area contributed by atoms with Crippen LogP contribution in [-0.4, -0.2) is 41.1 Å². The fourth-order valence-corrected chi connectivity index (χ4v) is 5.60. The quantitative estimate of drug-likeness (QED) is 0.190. The van der Waals surface area contributed by atoms with E-state index in [1.165, 1.54) is 16.2 Å². The number of aliphatic hydroxyl groups excluding tert-OH is 1. The molecule has 2 aliphatic rings. The van der Waals surface area contributed by atoms with E-state index in [0.717, 1.165) is 75.6 Å². The minimum absolute atomic E-state index is 0.112. The van der Waals surface area contributed by atoms with Crippen molar-refractivity contribution in [3.05, 3.63) is 47.3 Å². The van der Waals surface area contributed by atoms with Crippen LogP contribution in [0.15, 0.2) is 46.7 Å². The van der Waals surface area contributed by atoms with E-state index in [1.54, 1.807) is 6.07 Å². The number of allylic oxidation sites excluding steroid dienone is 2. The lowest BCUT2D eigenvalue weighted by atomic mass is 9.86. The Morgan fingerprint density at radius 3 is 2.51 bits per heavy atom. The lowest BCUT2D eigenvalue weighted by Gasteiger charge is -2.22. The van der Waals surface area contributed by atoms with E-state index in [4.69, 9.17) is 4.74 Å². The predicted octanol–water partition coefficient (Wildman–Crippen LogP) is 5.93. The van der Waals surface area contributed by atoms with Crippen LogP contribution in [0.3, 0.4) is 0 Å². The highest BCUT2D eigenvalue weighted by molar-refractivity contribution is 6.07. The Balaban J connectivity index is 1.59.